The number of fused-ring (bicyclic) bond motifs is 1. The van der Waals surface area contributed by atoms with E-state index < -0.39 is 32.5 Å². The van der Waals surface area contributed by atoms with Crippen LogP contribution in [-0.4, -0.2) is 80.9 Å². The Morgan fingerprint density at radius 3 is 2.40 bits per heavy atom. The Bertz CT molecular complexity index is 2270. The molecule has 1 fully saturated rings. The molecule has 3 N–H and O–H groups in total. The number of rotatable bonds is 13. The van der Waals surface area contributed by atoms with Crippen molar-refractivity contribution in [3.63, 3.8) is 0 Å². The van der Waals surface area contributed by atoms with Crippen LogP contribution in [-0.2, 0) is 25.2 Å². The third kappa shape index (κ3) is 12.0. The summed E-state index contributed by atoms with van der Waals surface area (Å²) in [6, 6.07) is 18.4. The van der Waals surface area contributed by atoms with E-state index in [9.17, 15) is 14.4 Å². The number of piperidine rings is 1. The van der Waals surface area contributed by atoms with Gasteiger partial charge in [-0.1, -0.05) is 110 Å². The van der Waals surface area contributed by atoms with Crippen LogP contribution in [0.1, 0.15) is 96.3 Å². The minimum absolute atomic E-state index is 0.00434. The standard InChI is InChI=1S/C49H66N6O7Si/c1-11-15-42(48(3,4)5)61-47(58)54-40-30-55(29-32(2)44(40)62-63(9,10)49(6,7)8)41-20-23-50-28-39(41)52-45(56)43-38(53-46(57)60-31-33-16-13-12-14-17-33)27-36-19-18-35(26-37(36)51-43)34-21-24-59-25-22-34/h12-14,16-21,23,26-28,32,40,42,44H,11,15,22,24-25,29-31H2,1-10H3,(H,52,56)(H,53,57)(H,54,58)/t32-,40+,42?,44+/m0/s1. The lowest BCUT2D eigenvalue weighted by atomic mass is 9.86. The molecule has 338 valence electrons. The van der Waals surface area contributed by atoms with E-state index in [0.29, 0.717) is 43.2 Å². The quantitative estimate of drug-likeness (QED) is 0.111. The van der Waals surface area contributed by atoms with Gasteiger partial charge in [-0.05, 0) is 71.3 Å². The second-order valence-electron chi connectivity index (χ2n) is 19.4. The summed E-state index contributed by atoms with van der Waals surface area (Å²) in [4.78, 5) is 53.0. The molecule has 14 heteroatoms. The molecule has 0 saturated carbocycles. The van der Waals surface area contributed by atoms with E-state index in [0.717, 1.165) is 41.3 Å². The number of aromatic nitrogens is 2. The van der Waals surface area contributed by atoms with Crippen molar-refractivity contribution in [2.45, 2.75) is 118 Å². The van der Waals surface area contributed by atoms with Gasteiger partial charge in [-0.2, -0.15) is 0 Å². The van der Waals surface area contributed by atoms with Crippen molar-refractivity contribution in [1.82, 2.24) is 15.3 Å². The maximum absolute atomic E-state index is 14.5. The molecule has 1 saturated heterocycles. The van der Waals surface area contributed by atoms with Crippen molar-refractivity contribution >= 4 is 59.9 Å². The van der Waals surface area contributed by atoms with Crippen LogP contribution in [0.4, 0.5) is 26.7 Å². The molecule has 1 unspecified atom stereocenters. The second-order valence-corrected chi connectivity index (χ2v) is 24.2. The zero-order chi connectivity index (χ0) is 45.5. The molecule has 0 aliphatic carbocycles. The number of hydrogen-bond acceptors (Lipinski definition) is 10. The number of nitrogens with zero attached hydrogens (tertiary/aromatic N) is 3. The molecule has 6 rings (SSSR count). The van der Waals surface area contributed by atoms with Crippen LogP contribution < -0.4 is 20.9 Å². The predicted octanol–water partition coefficient (Wildman–Crippen LogP) is 10.6. The van der Waals surface area contributed by atoms with Crippen LogP contribution in [0.3, 0.4) is 0 Å². The molecular weight excluding hydrogens is 813 g/mol. The van der Waals surface area contributed by atoms with Crippen molar-refractivity contribution in [2.75, 3.05) is 41.8 Å². The van der Waals surface area contributed by atoms with Crippen LogP contribution in [0.15, 0.2) is 79.1 Å². The Morgan fingerprint density at radius 1 is 0.952 bits per heavy atom. The lowest BCUT2D eigenvalue weighted by Crippen LogP contribution is -2.62. The Hall–Kier alpha value is -5.31. The zero-order valence-electron chi connectivity index (χ0n) is 38.7. The lowest BCUT2D eigenvalue weighted by molar-refractivity contribution is 0.0153. The van der Waals surface area contributed by atoms with Gasteiger partial charge in [0.25, 0.3) is 5.91 Å². The number of carbonyl (C=O) groups excluding carboxylic acids is 3. The summed E-state index contributed by atoms with van der Waals surface area (Å²) in [5, 5.41) is 9.78. The van der Waals surface area contributed by atoms with Gasteiger partial charge in [0.15, 0.2) is 14.0 Å². The summed E-state index contributed by atoms with van der Waals surface area (Å²) < 4.78 is 24.3. The first-order valence-corrected chi connectivity index (χ1v) is 25.1. The van der Waals surface area contributed by atoms with Gasteiger partial charge in [-0.3, -0.25) is 15.1 Å². The molecule has 2 aromatic heterocycles. The number of amides is 3. The summed E-state index contributed by atoms with van der Waals surface area (Å²) in [6.45, 7) is 23.7. The summed E-state index contributed by atoms with van der Waals surface area (Å²) in [5.74, 6) is -0.573. The van der Waals surface area contributed by atoms with Gasteiger partial charge < -0.3 is 34.2 Å². The summed E-state index contributed by atoms with van der Waals surface area (Å²) in [5.41, 5.74) is 4.66. The third-order valence-corrected chi connectivity index (χ3v) is 16.9. The molecule has 2 aromatic carbocycles. The van der Waals surface area contributed by atoms with Crippen molar-refractivity contribution in [2.24, 2.45) is 11.3 Å². The molecule has 0 bridgehead atoms. The maximum Gasteiger partial charge on any atom is 0.412 e. The average molecular weight is 879 g/mol. The SMILES string of the molecule is CCCC(OC(=O)N[C@@H]1CN(c2ccncc2NC(=O)c2nc3cc(C4=CCOCC4)ccc3cc2NC(=O)OCc2ccccc2)C[C@H](C)[C@H]1O[Si](C)(C)C(C)(C)C)C(C)(C)C. The van der Waals surface area contributed by atoms with Crippen LogP contribution in [0.2, 0.25) is 18.1 Å². The molecule has 2 aliphatic rings. The first-order chi connectivity index (χ1) is 29.8. The largest absolute Gasteiger partial charge is 0.446 e. The van der Waals surface area contributed by atoms with Gasteiger partial charge in [-0.25, -0.2) is 14.6 Å². The number of anilines is 3. The fraction of sp³-hybridized carbons (Fsp3) is 0.490. The minimum Gasteiger partial charge on any atom is -0.446 e. The van der Waals surface area contributed by atoms with Gasteiger partial charge in [0.1, 0.15) is 12.7 Å². The van der Waals surface area contributed by atoms with Crippen molar-refractivity contribution < 1.29 is 33.0 Å². The number of nitrogens with one attached hydrogen (secondary N) is 3. The smallest absolute Gasteiger partial charge is 0.412 e. The lowest BCUT2D eigenvalue weighted by Gasteiger charge is -2.48. The fourth-order valence-corrected chi connectivity index (χ4v) is 9.21. The number of hydrogen-bond donors (Lipinski definition) is 3. The Kier molecular flexibility index (Phi) is 15.0. The number of carbonyl (C=O) groups is 3. The molecule has 13 nitrogen and oxygen atoms in total. The number of ether oxygens (including phenoxy) is 3. The number of alkyl carbamates (subject to hydrolysis) is 1. The van der Waals surface area contributed by atoms with E-state index in [1.54, 1.807) is 18.5 Å². The first-order valence-electron chi connectivity index (χ1n) is 22.2. The first kappa shape index (κ1) is 47.2. The van der Waals surface area contributed by atoms with Gasteiger partial charge in [-0.15, -0.1) is 0 Å². The van der Waals surface area contributed by atoms with E-state index in [-0.39, 0.29) is 46.6 Å². The molecule has 4 heterocycles. The van der Waals surface area contributed by atoms with Crippen molar-refractivity contribution in [1.29, 1.82) is 0 Å². The molecule has 0 radical (unpaired) electrons. The Labute approximate surface area is 373 Å². The van der Waals surface area contributed by atoms with Crippen molar-refractivity contribution in [3.05, 3.63) is 96.0 Å². The van der Waals surface area contributed by atoms with E-state index in [1.165, 1.54) is 0 Å². The summed E-state index contributed by atoms with van der Waals surface area (Å²) >= 11 is 0. The van der Waals surface area contributed by atoms with E-state index >= 15 is 0 Å². The molecule has 0 spiro atoms. The van der Waals surface area contributed by atoms with Crippen LogP contribution in [0.5, 0.6) is 0 Å². The van der Waals surface area contributed by atoms with E-state index in [4.69, 9.17) is 23.6 Å². The molecular formula is C49H66N6O7Si. The molecule has 4 atom stereocenters. The molecule has 2 aliphatic heterocycles. The van der Waals surface area contributed by atoms with Gasteiger partial charge in [0.05, 0.1) is 54.1 Å². The zero-order valence-corrected chi connectivity index (χ0v) is 39.7. The normalized spacial score (nSPS) is 18.9. The van der Waals surface area contributed by atoms with Crippen LogP contribution in [0, 0.1) is 11.3 Å². The van der Waals surface area contributed by atoms with Crippen LogP contribution in [0.25, 0.3) is 16.5 Å². The highest BCUT2D eigenvalue weighted by atomic mass is 28.4. The highest BCUT2D eigenvalue weighted by Crippen LogP contribution is 2.40. The third-order valence-electron chi connectivity index (χ3n) is 12.4. The molecule has 63 heavy (non-hydrogen) atoms. The van der Waals surface area contributed by atoms with Crippen LogP contribution >= 0.6 is 0 Å². The molecule has 3 amide bonds. The summed E-state index contributed by atoms with van der Waals surface area (Å²) in [7, 11) is -2.28. The minimum atomic E-state index is -2.28. The van der Waals surface area contributed by atoms with Gasteiger partial charge in [0, 0.05) is 30.6 Å². The highest BCUT2D eigenvalue weighted by molar-refractivity contribution is 6.74. The highest BCUT2D eigenvalue weighted by Gasteiger charge is 2.45. The maximum atomic E-state index is 14.5. The fourth-order valence-electron chi connectivity index (χ4n) is 7.78. The van der Waals surface area contributed by atoms with Gasteiger partial charge >= 0.3 is 12.2 Å². The number of pyridine rings is 2. The summed E-state index contributed by atoms with van der Waals surface area (Å²) in [6.07, 6.45) is 5.99. The Balaban J connectivity index is 1.30. The topological polar surface area (TPSA) is 153 Å². The van der Waals surface area contributed by atoms with Gasteiger partial charge in [0.2, 0.25) is 0 Å². The number of benzene rings is 2. The monoisotopic (exact) mass is 878 g/mol. The Morgan fingerprint density at radius 2 is 1.71 bits per heavy atom. The van der Waals surface area contributed by atoms with Crippen molar-refractivity contribution in [3.8, 4) is 0 Å². The van der Waals surface area contributed by atoms with E-state index in [1.807, 2.05) is 54.6 Å². The second kappa shape index (κ2) is 20.0. The predicted molar refractivity (Wildman–Crippen MR) is 253 cm³/mol. The average Bonchev–Trinajstić information content (AvgIpc) is 3.23. The van der Waals surface area contributed by atoms with E-state index in [2.05, 4.69) is 100 Å². The molecule has 4 aromatic rings.